The van der Waals surface area contributed by atoms with Crippen molar-refractivity contribution in [1.29, 1.82) is 5.26 Å². The summed E-state index contributed by atoms with van der Waals surface area (Å²) in [7, 11) is 1.59. The van der Waals surface area contributed by atoms with Crippen LogP contribution in [0, 0.1) is 18.3 Å². The standard InChI is InChI=1S/C20H20N2O2/c1-4-16-7-5-6-14(2)19(16)22-20(23)17(13-21)12-15-8-10-18(24-3)11-9-15/h5-12H,4H2,1-3H3,(H,22,23)/b17-12+. The predicted octanol–water partition coefficient (Wildman–Crippen LogP) is 4.11. The van der Waals surface area contributed by atoms with Crippen molar-refractivity contribution in [1.82, 2.24) is 0 Å². The highest BCUT2D eigenvalue weighted by Crippen LogP contribution is 2.22. The number of methoxy groups -OCH3 is 1. The summed E-state index contributed by atoms with van der Waals surface area (Å²) in [6, 6.07) is 15.0. The lowest BCUT2D eigenvalue weighted by Gasteiger charge is -2.12. The van der Waals surface area contributed by atoms with Crippen LogP contribution in [0.4, 0.5) is 5.69 Å². The van der Waals surface area contributed by atoms with Crippen LogP contribution in [0.15, 0.2) is 48.0 Å². The number of carbonyl (C=O) groups excluding carboxylic acids is 1. The van der Waals surface area contributed by atoms with Crippen LogP contribution < -0.4 is 10.1 Å². The van der Waals surface area contributed by atoms with Crippen LogP contribution in [0.5, 0.6) is 5.75 Å². The summed E-state index contributed by atoms with van der Waals surface area (Å²) in [5.74, 6) is 0.319. The largest absolute Gasteiger partial charge is 0.497 e. The fourth-order valence-electron chi connectivity index (χ4n) is 2.40. The molecule has 0 aliphatic heterocycles. The van der Waals surface area contributed by atoms with E-state index in [1.165, 1.54) is 0 Å². The number of hydrogen-bond acceptors (Lipinski definition) is 3. The van der Waals surface area contributed by atoms with Gasteiger partial charge in [-0.05, 0) is 48.2 Å². The molecule has 2 aromatic carbocycles. The zero-order chi connectivity index (χ0) is 17.5. The van der Waals surface area contributed by atoms with Crippen LogP contribution in [0.3, 0.4) is 0 Å². The minimum Gasteiger partial charge on any atom is -0.497 e. The molecule has 0 saturated carbocycles. The van der Waals surface area contributed by atoms with Crippen LogP contribution in [0.1, 0.15) is 23.6 Å². The number of ether oxygens (including phenoxy) is 1. The Morgan fingerprint density at radius 2 is 1.96 bits per heavy atom. The van der Waals surface area contributed by atoms with E-state index in [0.717, 1.165) is 34.5 Å². The van der Waals surface area contributed by atoms with Gasteiger partial charge in [-0.2, -0.15) is 5.26 Å². The molecule has 24 heavy (non-hydrogen) atoms. The quantitative estimate of drug-likeness (QED) is 0.666. The van der Waals surface area contributed by atoms with Gasteiger partial charge >= 0.3 is 0 Å². The van der Waals surface area contributed by atoms with Gasteiger partial charge in [0, 0.05) is 5.69 Å². The first-order valence-electron chi connectivity index (χ1n) is 7.74. The van der Waals surface area contributed by atoms with Gasteiger partial charge in [-0.1, -0.05) is 37.3 Å². The summed E-state index contributed by atoms with van der Waals surface area (Å²) in [5.41, 5.74) is 3.63. The molecule has 0 saturated heterocycles. The fraction of sp³-hybridized carbons (Fsp3) is 0.200. The van der Waals surface area contributed by atoms with E-state index in [4.69, 9.17) is 4.74 Å². The number of rotatable bonds is 5. The lowest BCUT2D eigenvalue weighted by atomic mass is 10.0. The molecule has 1 N–H and O–H groups in total. The number of aryl methyl sites for hydroxylation is 2. The average Bonchev–Trinajstić information content (AvgIpc) is 2.61. The molecule has 2 aromatic rings. The number of anilines is 1. The van der Waals surface area contributed by atoms with Crippen LogP contribution >= 0.6 is 0 Å². The van der Waals surface area contributed by atoms with Gasteiger partial charge < -0.3 is 10.1 Å². The topological polar surface area (TPSA) is 62.1 Å². The molecule has 0 heterocycles. The highest BCUT2D eigenvalue weighted by molar-refractivity contribution is 6.10. The maximum atomic E-state index is 12.5. The summed E-state index contributed by atoms with van der Waals surface area (Å²) in [6.45, 7) is 3.97. The third-order valence-electron chi connectivity index (χ3n) is 3.77. The van der Waals surface area contributed by atoms with Gasteiger partial charge in [0.2, 0.25) is 0 Å². The lowest BCUT2D eigenvalue weighted by Crippen LogP contribution is -2.15. The van der Waals surface area contributed by atoms with E-state index >= 15 is 0 Å². The monoisotopic (exact) mass is 320 g/mol. The number of para-hydroxylation sites is 1. The normalized spacial score (nSPS) is 10.8. The number of nitrogens with zero attached hydrogens (tertiary/aromatic N) is 1. The van der Waals surface area contributed by atoms with Crippen molar-refractivity contribution >= 4 is 17.7 Å². The molecule has 0 aliphatic carbocycles. The van der Waals surface area contributed by atoms with Crippen molar-refractivity contribution in [2.24, 2.45) is 0 Å². The molecule has 0 aromatic heterocycles. The molecule has 0 aliphatic rings. The van der Waals surface area contributed by atoms with E-state index in [9.17, 15) is 10.1 Å². The van der Waals surface area contributed by atoms with Crippen molar-refractivity contribution in [3.63, 3.8) is 0 Å². The Balaban J connectivity index is 2.26. The molecule has 0 atom stereocenters. The first-order chi connectivity index (χ1) is 11.6. The lowest BCUT2D eigenvalue weighted by molar-refractivity contribution is -0.112. The van der Waals surface area contributed by atoms with E-state index in [-0.39, 0.29) is 5.57 Å². The Labute approximate surface area is 142 Å². The average molecular weight is 320 g/mol. The number of hydrogen-bond donors (Lipinski definition) is 1. The second kappa shape index (κ2) is 7.98. The summed E-state index contributed by atoms with van der Waals surface area (Å²) in [4.78, 5) is 12.5. The maximum Gasteiger partial charge on any atom is 0.266 e. The van der Waals surface area contributed by atoms with Crippen LogP contribution in [-0.2, 0) is 11.2 Å². The van der Waals surface area contributed by atoms with Crippen molar-refractivity contribution in [2.75, 3.05) is 12.4 Å². The number of benzene rings is 2. The first-order valence-corrected chi connectivity index (χ1v) is 7.74. The second-order valence-corrected chi connectivity index (χ2v) is 5.36. The molecule has 4 heteroatoms. The second-order valence-electron chi connectivity index (χ2n) is 5.36. The summed E-state index contributed by atoms with van der Waals surface area (Å²) in [6.07, 6.45) is 2.38. The minimum absolute atomic E-state index is 0.0606. The molecular weight excluding hydrogens is 300 g/mol. The van der Waals surface area contributed by atoms with Crippen LogP contribution in [-0.4, -0.2) is 13.0 Å². The van der Waals surface area contributed by atoms with E-state index in [1.807, 2.05) is 38.1 Å². The van der Waals surface area contributed by atoms with Gasteiger partial charge in [-0.25, -0.2) is 0 Å². The van der Waals surface area contributed by atoms with Crippen LogP contribution in [0.2, 0.25) is 0 Å². The molecular formula is C20H20N2O2. The molecule has 2 rings (SSSR count). The zero-order valence-corrected chi connectivity index (χ0v) is 14.1. The first kappa shape index (κ1) is 17.3. The van der Waals surface area contributed by atoms with Gasteiger partial charge in [0.1, 0.15) is 17.4 Å². The molecule has 0 radical (unpaired) electrons. The Bertz CT molecular complexity index is 799. The van der Waals surface area contributed by atoms with E-state index < -0.39 is 5.91 Å². The van der Waals surface area contributed by atoms with Crippen molar-refractivity contribution < 1.29 is 9.53 Å². The Morgan fingerprint density at radius 3 is 2.54 bits per heavy atom. The Hall–Kier alpha value is -3.06. The number of nitriles is 1. The fourth-order valence-corrected chi connectivity index (χ4v) is 2.40. The predicted molar refractivity (Wildman–Crippen MR) is 95.8 cm³/mol. The Morgan fingerprint density at radius 1 is 1.25 bits per heavy atom. The smallest absolute Gasteiger partial charge is 0.266 e. The van der Waals surface area contributed by atoms with Crippen molar-refractivity contribution in [3.05, 3.63) is 64.7 Å². The van der Waals surface area contributed by atoms with E-state index in [1.54, 1.807) is 37.5 Å². The summed E-state index contributed by atoms with van der Waals surface area (Å²) in [5, 5.41) is 12.2. The Kier molecular flexibility index (Phi) is 5.75. The molecule has 4 nitrogen and oxygen atoms in total. The molecule has 0 spiro atoms. The van der Waals surface area contributed by atoms with Gasteiger partial charge in [-0.3, -0.25) is 4.79 Å². The minimum atomic E-state index is -0.405. The summed E-state index contributed by atoms with van der Waals surface area (Å²) < 4.78 is 5.10. The van der Waals surface area contributed by atoms with Crippen molar-refractivity contribution in [3.8, 4) is 11.8 Å². The number of nitrogens with one attached hydrogen (secondary N) is 1. The van der Waals surface area contributed by atoms with Gasteiger partial charge in [0.15, 0.2) is 0 Å². The number of amides is 1. The maximum absolute atomic E-state index is 12.5. The number of carbonyl (C=O) groups is 1. The van der Waals surface area contributed by atoms with Gasteiger partial charge in [-0.15, -0.1) is 0 Å². The summed E-state index contributed by atoms with van der Waals surface area (Å²) >= 11 is 0. The molecule has 0 fully saturated rings. The third-order valence-corrected chi connectivity index (χ3v) is 3.77. The molecule has 0 unspecified atom stereocenters. The van der Waals surface area contributed by atoms with Crippen molar-refractivity contribution in [2.45, 2.75) is 20.3 Å². The van der Waals surface area contributed by atoms with E-state index in [0.29, 0.717) is 0 Å². The van der Waals surface area contributed by atoms with Gasteiger partial charge in [0.05, 0.1) is 7.11 Å². The van der Waals surface area contributed by atoms with Gasteiger partial charge in [0.25, 0.3) is 5.91 Å². The highest BCUT2D eigenvalue weighted by atomic mass is 16.5. The SMILES string of the molecule is CCc1cccc(C)c1NC(=O)/C(C#N)=C/c1ccc(OC)cc1. The zero-order valence-electron chi connectivity index (χ0n) is 14.1. The van der Waals surface area contributed by atoms with Crippen LogP contribution in [0.25, 0.3) is 6.08 Å². The third kappa shape index (κ3) is 4.02. The molecule has 1 amide bonds. The molecule has 122 valence electrons. The van der Waals surface area contributed by atoms with E-state index in [2.05, 4.69) is 5.32 Å². The highest BCUT2D eigenvalue weighted by Gasteiger charge is 2.13. The molecule has 0 bridgehead atoms.